The van der Waals surface area contributed by atoms with Crippen molar-refractivity contribution in [2.45, 2.75) is 102 Å². The van der Waals surface area contributed by atoms with Gasteiger partial charge >= 0.3 is 0 Å². The van der Waals surface area contributed by atoms with Crippen LogP contribution in [0.5, 0.6) is 11.5 Å². The van der Waals surface area contributed by atoms with E-state index in [9.17, 15) is 8.42 Å². The van der Waals surface area contributed by atoms with Crippen molar-refractivity contribution in [3.05, 3.63) is 17.7 Å². The second-order valence-corrected chi connectivity index (χ2v) is 10.3. The van der Waals surface area contributed by atoms with E-state index in [1.54, 1.807) is 13.2 Å². The number of benzene rings is 1. The third-order valence-electron chi connectivity index (χ3n) is 5.38. The summed E-state index contributed by atoms with van der Waals surface area (Å²) in [4.78, 5) is -0.0485. The van der Waals surface area contributed by atoms with Gasteiger partial charge in [-0.25, -0.2) is 8.42 Å². The van der Waals surface area contributed by atoms with Crippen LogP contribution in [0.2, 0.25) is 0 Å². The highest BCUT2D eigenvalue weighted by Crippen LogP contribution is 2.34. The van der Waals surface area contributed by atoms with Crippen molar-refractivity contribution in [1.82, 2.24) is 0 Å². The third kappa shape index (κ3) is 10.6. The van der Waals surface area contributed by atoms with Gasteiger partial charge in [0.1, 0.15) is 16.4 Å². The first-order valence-corrected chi connectivity index (χ1v) is 13.4. The Hall–Kier alpha value is -0.940. The molecule has 0 aromatic heterocycles. The Bertz CT molecular complexity index is 674. The Morgan fingerprint density at radius 2 is 1.17 bits per heavy atom. The maximum atomic E-state index is 11.7. The second-order valence-electron chi connectivity index (χ2n) is 7.75. The predicted molar refractivity (Wildman–Crippen MR) is 122 cm³/mol. The van der Waals surface area contributed by atoms with Gasteiger partial charge in [-0.15, -0.1) is 0 Å². The van der Waals surface area contributed by atoms with E-state index < -0.39 is 9.05 Å². The lowest BCUT2D eigenvalue weighted by Crippen LogP contribution is -2.01. The van der Waals surface area contributed by atoms with Crippen LogP contribution in [0, 0.1) is 0 Å². The molecule has 29 heavy (non-hydrogen) atoms. The molecule has 0 radical (unpaired) electrons. The molecule has 1 rings (SSSR count). The molecule has 0 saturated heterocycles. The molecule has 0 unspecified atom stereocenters. The highest BCUT2D eigenvalue weighted by atomic mass is 35.7. The van der Waals surface area contributed by atoms with E-state index in [2.05, 4.69) is 6.92 Å². The molecular weight excluding hydrogens is 408 g/mol. The van der Waals surface area contributed by atoms with Crippen LogP contribution in [0.1, 0.15) is 96.0 Å². The van der Waals surface area contributed by atoms with Gasteiger partial charge in [0.05, 0.1) is 14.2 Å². The van der Waals surface area contributed by atoms with Crippen molar-refractivity contribution in [3.8, 4) is 11.5 Å². The van der Waals surface area contributed by atoms with Gasteiger partial charge < -0.3 is 9.47 Å². The first kappa shape index (κ1) is 26.1. The summed E-state index contributed by atoms with van der Waals surface area (Å²) in [5.41, 5.74) is 0.955. The minimum atomic E-state index is -3.88. The molecule has 0 aliphatic carbocycles. The molecule has 0 bridgehead atoms. The first-order valence-electron chi connectivity index (χ1n) is 11.1. The molecular formula is C23H39ClO4S. The van der Waals surface area contributed by atoms with E-state index >= 15 is 0 Å². The van der Waals surface area contributed by atoms with Crippen LogP contribution < -0.4 is 9.47 Å². The summed E-state index contributed by atoms with van der Waals surface area (Å²) in [6, 6.07) is 3.19. The summed E-state index contributed by atoms with van der Waals surface area (Å²) in [6.07, 6.45) is 17.9. The fourth-order valence-electron chi connectivity index (χ4n) is 3.65. The molecule has 0 amide bonds. The van der Waals surface area contributed by atoms with Gasteiger partial charge in [0, 0.05) is 16.7 Å². The Morgan fingerprint density at radius 1 is 0.724 bits per heavy atom. The lowest BCUT2D eigenvalue weighted by molar-refractivity contribution is 0.388. The van der Waals surface area contributed by atoms with E-state index in [1.165, 1.54) is 83.8 Å². The predicted octanol–water partition coefficient (Wildman–Crippen LogP) is 7.27. The summed E-state index contributed by atoms with van der Waals surface area (Å²) in [5.74, 6) is 0.814. The molecule has 0 fully saturated rings. The van der Waals surface area contributed by atoms with Crippen molar-refractivity contribution in [3.63, 3.8) is 0 Å². The van der Waals surface area contributed by atoms with Crippen molar-refractivity contribution >= 4 is 19.7 Å². The number of unbranched alkanes of at least 4 members (excludes halogenated alkanes) is 12. The van der Waals surface area contributed by atoms with E-state index in [0.717, 1.165) is 24.8 Å². The zero-order valence-corrected chi connectivity index (χ0v) is 20.0. The van der Waals surface area contributed by atoms with Gasteiger partial charge in [0.25, 0.3) is 9.05 Å². The maximum Gasteiger partial charge on any atom is 0.265 e. The van der Waals surface area contributed by atoms with Crippen LogP contribution in [0.3, 0.4) is 0 Å². The Balaban J connectivity index is 2.26. The molecule has 0 atom stereocenters. The summed E-state index contributed by atoms with van der Waals surface area (Å²) in [7, 11) is 4.61. The molecule has 6 heteroatoms. The number of hydrogen-bond donors (Lipinski definition) is 0. The monoisotopic (exact) mass is 446 g/mol. The molecule has 0 spiro atoms. The van der Waals surface area contributed by atoms with Crippen molar-refractivity contribution in [2.75, 3.05) is 14.2 Å². The van der Waals surface area contributed by atoms with Crippen molar-refractivity contribution in [1.29, 1.82) is 0 Å². The Morgan fingerprint density at radius 3 is 1.59 bits per heavy atom. The van der Waals surface area contributed by atoms with Gasteiger partial charge in [-0.1, -0.05) is 84.0 Å². The SMILES string of the molecule is CCCCCCCCCCCCCCCc1cc(OC)c(S(=O)(=O)Cl)cc1OC. The molecule has 168 valence electrons. The summed E-state index contributed by atoms with van der Waals surface area (Å²) >= 11 is 0. The highest BCUT2D eigenvalue weighted by Gasteiger charge is 2.20. The van der Waals surface area contributed by atoms with Crippen molar-refractivity contribution < 1.29 is 17.9 Å². The number of rotatable bonds is 17. The van der Waals surface area contributed by atoms with Crippen molar-refractivity contribution in [2.24, 2.45) is 0 Å². The quantitative estimate of drug-likeness (QED) is 0.186. The molecule has 0 saturated carbocycles. The lowest BCUT2D eigenvalue weighted by Gasteiger charge is -2.13. The molecule has 1 aromatic carbocycles. The average Bonchev–Trinajstić information content (AvgIpc) is 2.70. The maximum absolute atomic E-state index is 11.7. The van der Waals surface area contributed by atoms with Crippen LogP contribution in [-0.4, -0.2) is 22.6 Å². The standard InChI is InChI=1S/C23H39ClO4S/c1-4-5-6-7-8-9-10-11-12-13-14-15-16-17-20-18-22(28-3)23(29(24,25)26)19-21(20)27-2/h18-19H,4-17H2,1-3H3. The average molecular weight is 447 g/mol. The molecule has 0 heterocycles. The van der Waals surface area contributed by atoms with Crippen LogP contribution in [0.15, 0.2) is 17.0 Å². The number of methoxy groups -OCH3 is 2. The van der Waals surface area contributed by atoms with Gasteiger partial charge in [-0.05, 0) is 24.5 Å². The molecule has 0 N–H and O–H groups in total. The van der Waals surface area contributed by atoms with E-state index in [0.29, 0.717) is 5.75 Å². The van der Waals surface area contributed by atoms with E-state index in [1.807, 2.05) is 0 Å². The summed E-state index contributed by atoms with van der Waals surface area (Å²) < 4.78 is 34.0. The second kappa shape index (κ2) is 15.0. The number of halogens is 1. The topological polar surface area (TPSA) is 52.6 Å². The minimum absolute atomic E-state index is 0.0485. The van der Waals surface area contributed by atoms with Gasteiger partial charge in [-0.2, -0.15) is 0 Å². The molecule has 0 aliphatic rings. The van der Waals surface area contributed by atoms with Gasteiger partial charge in [0.2, 0.25) is 0 Å². The fraction of sp³-hybridized carbons (Fsp3) is 0.739. The largest absolute Gasteiger partial charge is 0.496 e. The first-order chi connectivity index (χ1) is 13.9. The van der Waals surface area contributed by atoms with Gasteiger partial charge in [0.15, 0.2) is 0 Å². The Labute approximate surface area is 182 Å². The number of ether oxygens (including phenoxy) is 2. The van der Waals surface area contributed by atoms with Crippen LogP contribution in [0.4, 0.5) is 0 Å². The minimum Gasteiger partial charge on any atom is -0.496 e. The number of aryl methyl sites for hydroxylation is 1. The summed E-state index contributed by atoms with van der Waals surface area (Å²) in [6.45, 7) is 2.26. The highest BCUT2D eigenvalue weighted by molar-refractivity contribution is 8.13. The van der Waals surface area contributed by atoms with Gasteiger partial charge in [-0.3, -0.25) is 0 Å². The smallest absolute Gasteiger partial charge is 0.265 e. The Kier molecular flexibility index (Phi) is 13.5. The van der Waals surface area contributed by atoms with E-state index in [4.69, 9.17) is 20.2 Å². The van der Waals surface area contributed by atoms with Crippen LogP contribution in [-0.2, 0) is 15.5 Å². The zero-order valence-electron chi connectivity index (χ0n) is 18.5. The van der Waals surface area contributed by atoms with Crippen LogP contribution >= 0.6 is 10.7 Å². The lowest BCUT2D eigenvalue weighted by atomic mass is 10.0. The molecule has 4 nitrogen and oxygen atoms in total. The zero-order chi connectivity index (χ0) is 21.5. The molecule has 0 aliphatic heterocycles. The molecule has 1 aromatic rings. The fourth-order valence-corrected chi connectivity index (χ4v) is 4.64. The summed E-state index contributed by atoms with van der Waals surface area (Å²) in [5, 5.41) is 0. The normalized spacial score (nSPS) is 11.6. The van der Waals surface area contributed by atoms with Crippen LogP contribution in [0.25, 0.3) is 0 Å². The van der Waals surface area contributed by atoms with E-state index in [-0.39, 0.29) is 10.6 Å². The third-order valence-corrected chi connectivity index (χ3v) is 6.72. The number of hydrogen-bond acceptors (Lipinski definition) is 4.